The van der Waals surface area contributed by atoms with Crippen molar-refractivity contribution in [1.29, 1.82) is 0 Å². The summed E-state index contributed by atoms with van der Waals surface area (Å²) in [4.78, 5) is 30.0. The summed E-state index contributed by atoms with van der Waals surface area (Å²) in [7, 11) is 3.16. The highest BCUT2D eigenvalue weighted by Gasteiger charge is 2.58. The minimum Gasteiger partial charge on any atom is -0.493 e. The smallest absolute Gasteiger partial charge is 0.317 e. The van der Waals surface area contributed by atoms with Crippen LogP contribution in [0, 0.1) is 0 Å². The van der Waals surface area contributed by atoms with Gasteiger partial charge in [-0.3, -0.25) is 14.6 Å². The molecule has 0 amide bonds. The molecule has 5 aliphatic heterocycles. The molecule has 294 valence electrons. The van der Waals surface area contributed by atoms with E-state index in [2.05, 4.69) is 9.89 Å². The average molecular weight is 765 g/mol. The Balaban J connectivity index is 1.18. The van der Waals surface area contributed by atoms with Gasteiger partial charge in [0.25, 0.3) is 0 Å². The van der Waals surface area contributed by atoms with Crippen molar-refractivity contribution in [2.24, 2.45) is 16.5 Å². The zero-order valence-corrected chi connectivity index (χ0v) is 30.2. The van der Waals surface area contributed by atoms with Crippen molar-refractivity contribution in [1.82, 2.24) is 4.90 Å². The quantitative estimate of drug-likeness (QED) is 0.107. The number of carboxylic acids is 1. The van der Waals surface area contributed by atoms with Crippen molar-refractivity contribution < 1.29 is 63.2 Å². The van der Waals surface area contributed by atoms with E-state index in [1.54, 1.807) is 32.6 Å². The first kappa shape index (κ1) is 37.0. The molecule has 1 spiro atoms. The van der Waals surface area contributed by atoms with Gasteiger partial charge in [0, 0.05) is 48.3 Å². The van der Waals surface area contributed by atoms with E-state index in [1.807, 2.05) is 24.4 Å². The number of ether oxygens (including phenoxy) is 7. The van der Waals surface area contributed by atoms with Crippen LogP contribution in [-0.4, -0.2) is 113 Å². The van der Waals surface area contributed by atoms with Crippen LogP contribution in [0.4, 0.5) is 0 Å². The molecule has 0 bridgehead atoms. The highest BCUT2D eigenvalue weighted by molar-refractivity contribution is 5.90. The molecule has 8 atom stereocenters. The van der Waals surface area contributed by atoms with Crippen molar-refractivity contribution in [3.05, 3.63) is 64.5 Å². The second-order valence-electron chi connectivity index (χ2n) is 14.7. The second-order valence-corrected chi connectivity index (χ2v) is 14.7. The summed E-state index contributed by atoms with van der Waals surface area (Å²) in [6.45, 7) is 0.995. The first-order valence-corrected chi connectivity index (χ1v) is 18.2. The third-order valence-corrected chi connectivity index (χ3v) is 11.2. The minimum atomic E-state index is -1.86. The maximum atomic E-state index is 12.3. The van der Waals surface area contributed by atoms with Crippen LogP contribution < -0.4 is 35.2 Å². The lowest BCUT2D eigenvalue weighted by molar-refractivity contribution is -0.291. The van der Waals surface area contributed by atoms with E-state index in [9.17, 15) is 24.9 Å². The molecule has 17 heteroatoms. The summed E-state index contributed by atoms with van der Waals surface area (Å²) in [5.41, 5.74) is 15.6. The number of nitrogens with two attached hydrogens (primary N) is 2. The summed E-state index contributed by atoms with van der Waals surface area (Å²) in [6.07, 6.45) is -4.15. The van der Waals surface area contributed by atoms with Crippen LogP contribution in [0.2, 0.25) is 0 Å². The van der Waals surface area contributed by atoms with Gasteiger partial charge in [0.1, 0.15) is 54.0 Å². The Hall–Kier alpha value is -4.91. The van der Waals surface area contributed by atoms with Gasteiger partial charge in [-0.05, 0) is 49.5 Å². The maximum Gasteiger partial charge on any atom is 0.317 e. The monoisotopic (exact) mass is 764 g/mol. The fourth-order valence-corrected chi connectivity index (χ4v) is 8.80. The number of aliphatic imine (C=N–C) groups is 1. The van der Waals surface area contributed by atoms with Gasteiger partial charge in [-0.25, -0.2) is 0 Å². The summed E-state index contributed by atoms with van der Waals surface area (Å²) in [5.74, 6) is -0.497. The van der Waals surface area contributed by atoms with Gasteiger partial charge in [-0.15, -0.1) is 0 Å². The normalized spacial score (nSPS) is 28.7. The molecule has 8 N–H and O–H groups in total. The molecular formula is C38H44N4O13. The lowest BCUT2D eigenvalue weighted by Gasteiger charge is -2.45. The number of hydrogen-bond donors (Lipinski definition) is 6. The van der Waals surface area contributed by atoms with Crippen molar-refractivity contribution in [2.45, 2.75) is 99.2 Å². The molecule has 2 aromatic carbocycles. The van der Waals surface area contributed by atoms with Gasteiger partial charge in [-0.1, -0.05) is 6.07 Å². The molecule has 1 aliphatic carbocycles. The van der Waals surface area contributed by atoms with Gasteiger partial charge in [-0.2, -0.15) is 0 Å². The molecule has 6 aliphatic rings. The Kier molecular flexibility index (Phi) is 9.63. The molecule has 2 aromatic rings. The zero-order chi connectivity index (χ0) is 38.8. The van der Waals surface area contributed by atoms with Gasteiger partial charge in [0.15, 0.2) is 17.6 Å². The molecule has 17 nitrogen and oxygen atoms in total. The van der Waals surface area contributed by atoms with E-state index in [4.69, 9.17) is 49.7 Å². The van der Waals surface area contributed by atoms with Crippen LogP contribution in [0.25, 0.3) is 0 Å². The third-order valence-electron chi connectivity index (χ3n) is 11.2. The van der Waals surface area contributed by atoms with E-state index in [-0.39, 0.29) is 11.7 Å². The molecule has 55 heavy (non-hydrogen) atoms. The molecule has 1 saturated carbocycles. The fraction of sp³-hybridized carbons (Fsp3) is 0.500. The number of methoxy groups -OCH3 is 2. The Bertz CT molecular complexity index is 1960. The number of rotatable bonds is 11. The number of aliphatic carboxylic acids is 1. The number of nitrogens with zero attached hydrogens (tertiary/aromatic N) is 2. The summed E-state index contributed by atoms with van der Waals surface area (Å²) in [6, 6.07) is 7.36. The number of esters is 1. The van der Waals surface area contributed by atoms with Gasteiger partial charge in [0.05, 0.1) is 32.0 Å². The molecular weight excluding hydrogens is 720 g/mol. The number of carboxylic acid groups (broad SMARTS) is 1. The number of aliphatic hydroxyl groups excluding tert-OH is 3. The molecule has 5 heterocycles. The largest absolute Gasteiger partial charge is 0.493 e. The van der Waals surface area contributed by atoms with Crippen molar-refractivity contribution in [3.63, 3.8) is 0 Å². The first-order chi connectivity index (χ1) is 26.4. The number of carbonyl (C=O) groups is 2. The molecule has 1 saturated heterocycles. The highest BCUT2D eigenvalue weighted by Crippen LogP contribution is 2.64. The second kappa shape index (κ2) is 14.3. The number of aliphatic hydroxyl groups is 3. The number of carbonyl (C=O) groups excluding carboxylic acids is 1. The Morgan fingerprint density at radius 3 is 2.55 bits per heavy atom. The number of allylic oxidation sites excluding steroid dienone is 1. The first-order valence-electron chi connectivity index (χ1n) is 18.2. The standard InChI is InChI=1S/C38H44N4O13/c1-49-22-6-5-20-27-33(53-31(20)32(22)50-2)26-18(15-42-14-17-7-10-41-21(17)16-42)11-19(12-23(26)55-38(27)8-3-4-9-38)51-37-30(48)28(46)29(47)34(54-37)35(36(39)40)52-25(45)13-24(43)44/h5-7,10-12,16,27-30,33-37,46-48H,3-4,8-9,13-15,39-40H2,1-2H3,(H,43,44)/t27-,28-,29-,30+,33-,34-,35-,37+/m0/s1. The lowest BCUT2D eigenvalue weighted by Crippen LogP contribution is -2.66. The minimum absolute atomic E-state index is 0.173. The van der Waals surface area contributed by atoms with E-state index >= 15 is 0 Å². The summed E-state index contributed by atoms with van der Waals surface area (Å²) in [5, 5.41) is 42.0. The number of hydrogen-bond acceptors (Lipinski definition) is 16. The van der Waals surface area contributed by atoms with E-state index < -0.39 is 73.0 Å². The third kappa shape index (κ3) is 6.43. The fourth-order valence-electron chi connectivity index (χ4n) is 8.80. The zero-order valence-electron chi connectivity index (χ0n) is 30.2. The molecule has 8 rings (SSSR count). The van der Waals surface area contributed by atoms with Gasteiger partial charge >= 0.3 is 11.9 Å². The summed E-state index contributed by atoms with van der Waals surface area (Å²) < 4.78 is 42.8. The number of fused-ring (bicyclic) bond motifs is 7. The number of benzene rings is 2. The Morgan fingerprint density at radius 1 is 1.07 bits per heavy atom. The van der Waals surface area contributed by atoms with Crippen molar-refractivity contribution in [3.8, 4) is 28.7 Å². The van der Waals surface area contributed by atoms with Crippen LogP contribution >= 0.6 is 0 Å². The summed E-state index contributed by atoms with van der Waals surface area (Å²) >= 11 is 0. The predicted octanol–water partition coefficient (Wildman–Crippen LogP) is 1.11. The topological polar surface area (TPSA) is 247 Å². The molecule has 0 radical (unpaired) electrons. The van der Waals surface area contributed by atoms with Crippen LogP contribution in [-0.2, 0) is 25.6 Å². The Labute approximate surface area is 315 Å². The van der Waals surface area contributed by atoms with E-state index in [1.165, 1.54) is 0 Å². The van der Waals surface area contributed by atoms with Gasteiger partial charge in [0.2, 0.25) is 12.0 Å². The Morgan fingerprint density at radius 2 is 1.85 bits per heavy atom. The van der Waals surface area contributed by atoms with Gasteiger partial charge < -0.3 is 70.0 Å². The van der Waals surface area contributed by atoms with Crippen LogP contribution in [0.1, 0.15) is 60.8 Å². The molecule has 0 unspecified atom stereocenters. The molecule has 2 fully saturated rings. The van der Waals surface area contributed by atoms with Crippen LogP contribution in [0.15, 0.2) is 52.8 Å². The van der Waals surface area contributed by atoms with Crippen molar-refractivity contribution in [2.75, 3.05) is 20.8 Å². The maximum absolute atomic E-state index is 12.3. The van der Waals surface area contributed by atoms with E-state index in [0.717, 1.165) is 53.6 Å². The highest BCUT2D eigenvalue weighted by atomic mass is 16.7. The average Bonchev–Trinajstić information content (AvgIpc) is 3.94. The SMILES string of the molecule is COc1ccc2c(c1OC)O[C@H]1c3c(CN4C=C5N=CC=C5C4)cc(O[C@@H]4O[C@H]([C@H](OC(=O)CC(=O)O)C(N)N)[C@@H](O)[C@H](O)[C@H]4O)cc3OC3(CCCC3)[C@@H]21. The van der Waals surface area contributed by atoms with Crippen LogP contribution in [0.3, 0.4) is 0 Å². The predicted molar refractivity (Wildman–Crippen MR) is 191 cm³/mol. The molecule has 0 aromatic heterocycles. The van der Waals surface area contributed by atoms with E-state index in [0.29, 0.717) is 36.1 Å². The van der Waals surface area contributed by atoms with Crippen molar-refractivity contribution >= 4 is 18.2 Å². The van der Waals surface area contributed by atoms with Crippen LogP contribution in [0.5, 0.6) is 28.7 Å². The lowest BCUT2D eigenvalue weighted by atomic mass is 9.73.